The number of aryl methyl sites for hydroxylation is 1. The van der Waals surface area contributed by atoms with Gasteiger partial charge in [-0.1, -0.05) is 17.7 Å². The van der Waals surface area contributed by atoms with Crippen molar-refractivity contribution in [3.8, 4) is 0 Å². The molecule has 1 aliphatic rings. The molecule has 0 saturated carbocycles. The summed E-state index contributed by atoms with van der Waals surface area (Å²) in [6.45, 7) is 5.19. The van der Waals surface area contributed by atoms with Crippen molar-refractivity contribution in [3.05, 3.63) is 39.9 Å². The van der Waals surface area contributed by atoms with Crippen molar-refractivity contribution >= 4 is 29.1 Å². The molecule has 0 aromatic heterocycles. The fraction of sp³-hybridized carbons (Fsp3) is 0.231. The number of nitrogens with zero attached hydrogens (tertiary/aromatic N) is 1. The largest absolute Gasteiger partial charge is 0.269 e. The number of benzene rings is 1. The van der Waals surface area contributed by atoms with E-state index in [4.69, 9.17) is 11.6 Å². The SMILES string of the molecule is CC1=C(C)C(=O)N(c2ccc(C)c(Cl)c2)C1=O. The van der Waals surface area contributed by atoms with E-state index in [0.29, 0.717) is 21.9 Å². The van der Waals surface area contributed by atoms with E-state index in [0.717, 1.165) is 10.5 Å². The van der Waals surface area contributed by atoms with Gasteiger partial charge in [-0.05, 0) is 38.5 Å². The summed E-state index contributed by atoms with van der Waals surface area (Å²) in [4.78, 5) is 25.0. The molecule has 88 valence electrons. The van der Waals surface area contributed by atoms with Crippen molar-refractivity contribution in [2.45, 2.75) is 20.8 Å². The van der Waals surface area contributed by atoms with Crippen molar-refractivity contribution in [1.29, 1.82) is 0 Å². The van der Waals surface area contributed by atoms with Gasteiger partial charge in [0, 0.05) is 16.2 Å². The van der Waals surface area contributed by atoms with Gasteiger partial charge in [-0.15, -0.1) is 0 Å². The normalized spacial score (nSPS) is 16.1. The van der Waals surface area contributed by atoms with E-state index < -0.39 is 0 Å². The van der Waals surface area contributed by atoms with Crippen molar-refractivity contribution < 1.29 is 9.59 Å². The van der Waals surface area contributed by atoms with Gasteiger partial charge >= 0.3 is 0 Å². The number of rotatable bonds is 1. The molecule has 4 heteroatoms. The van der Waals surface area contributed by atoms with Gasteiger partial charge in [0.2, 0.25) is 0 Å². The van der Waals surface area contributed by atoms with Crippen LogP contribution in [0.2, 0.25) is 5.02 Å². The van der Waals surface area contributed by atoms with Crippen LogP contribution in [0.3, 0.4) is 0 Å². The van der Waals surface area contributed by atoms with Crippen LogP contribution in [0.1, 0.15) is 19.4 Å². The Balaban J connectivity index is 2.47. The highest BCUT2D eigenvalue weighted by atomic mass is 35.5. The Morgan fingerprint density at radius 1 is 1.00 bits per heavy atom. The third-order valence-electron chi connectivity index (χ3n) is 3.02. The van der Waals surface area contributed by atoms with Crippen LogP contribution < -0.4 is 4.90 Å². The average molecular weight is 250 g/mol. The Labute approximate surface area is 105 Å². The van der Waals surface area contributed by atoms with Crippen molar-refractivity contribution in [3.63, 3.8) is 0 Å². The first-order chi connectivity index (χ1) is 7.93. The highest BCUT2D eigenvalue weighted by Gasteiger charge is 2.34. The molecule has 0 fully saturated rings. The lowest BCUT2D eigenvalue weighted by Crippen LogP contribution is -2.31. The maximum atomic E-state index is 11.9. The summed E-state index contributed by atoms with van der Waals surface area (Å²) in [5.41, 5.74) is 2.42. The van der Waals surface area contributed by atoms with E-state index in [2.05, 4.69) is 0 Å². The second kappa shape index (κ2) is 4.00. The smallest absolute Gasteiger partial charge is 0.261 e. The Morgan fingerprint density at radius 3 is 2.00 bits per heavy atom. The van der Waals surface area contributed by atoms with E-state index in [9.17, 15) is 9.59 Å². The zero-order valence-corrected chi connectivity index (χ0v) is 10.6. The molecule has 0 atom stereocenters. The van der Waals surface area contributed by atoms with Gasteiger partial charge in [0.05, 0.1) is 5.69 Å². The van der Waals surface area contributed by atoms with E-state index in [1.807, 2.05) is 6.92 Å². The molecule has 0 saturated heterocycles. The number of hydrogen-bond acceptors (Lipinski definition) is 2. The van der Waals surface area contributed by atoms with Crippen LogP contribution >= 0.6 is 11.6 Å². The van der Waals surface area contributed by atoms with Crippen LogP contribution in [0.15, 0.2) is 29.3 Å². The quantitative estimate of drug-likeness (QED) is 0.718. The number of hydrogen-bond donors (Lipinski definition) is 0. The molecule has 0 bridgehead atoms. The number of imide groups is 1. The molecule has 0 aliphatic carbocycles. The predicted octanol–water partition coefficient (Wildman–Crippen LogP) is 2.86. The highest BCUT2D eigenvalue weighted by molar-refractivity contribution is 6.34. The van der Waals surface area contributed by atoms with Gasteiger partial charge in [0.25, 0.3) is 11.8 Å². The second-order valence-electron chi connectivity index (χ2n) is 4.13. The molecule has 3 nitrogen and oxygen atoms in total. The summed E-state index contributed by atoms with van der Waals surface area (Å²) < 4.78 is 0. The minimum absolute atomic E-state index is 0.271. The molecule has 17 heavy (non-hydrogen) atoms. The summed E-state index contributed by atoms with van der Waals surface area (Å²) >= 11 is 6.00. The molecule has 0 radical (unpaired) electrons. The third-order valence-corrected chi connectivity index (χ3v) is 3.43. The number of carbonyl (C=O) groups is 2. The molecule has 1 heterocycles. The van der Waals surface area contributed by atoms with Gasteiger partial charge in [-0.2, -0.15) is 0 Å². The van der Waals surface area contributed by atoms with Crippen molar-refractivity contribution in [2.24, 2.45) is 0 Å². The van der Waals surface area contributed by atoms with Crippen LogP contribution in [-0.2, 0) is 9.59 Å². The molecular formula is C13H12ClNO2. The maximum absolute atomic E-state index is 11.9. The molecule has 1 aromatic rings. The van der Waals surface area contributed by atoms with Crippen LogP contribution in [0.5, 0.6) is 0 Å². The second-order valence-corrected chi connectivity index (χ2v) is 4.54. The highest BCUT2D eigenvalue weighted by Crippen LogP contribution is 2.29. The molecule has 1 aliphatic heterocycles. The number of anilines is 1. The van der Waals surface area contributed by atoms with E-state index in [1.165, 1.54) is 0 Å². The number of carbonyl (C=O) groups excluding carboxylic acids is 2. The molecular weight excluding hydrogens is 238 g/mol. The van der Waals surface area contributed by atoms with Gasteiger partial charge in [0.15, 0.2) is 0 Å². The van der Waals surface area contributed by atoms with Crippen molar-refractivity contribution in [2.75, 3.05) is 4.90 Å². The Bertz CT molecular complexity index is 537. The fourth-order valence-corrected chi connectivity index (χ4v) is 1.88. The van der Waals surface area contributed by atoms with Gasteiger partial charge in [-0.3, -0.25) is 9.59 Å². The Kier molecular flexibility index (Phi) is 2.79. The lowest BCUT2D eigenvalue weighted by Gasteiger charge is -2.15. The lowest BCUT2D eigenvalue weighted by atomic mass is 10.2. The number of halogens is 1. The maximum Gasteiger partial charge on any atom is 0.261 e. The predicted molar refractivity (Wildman–Crippen MR) is 67.1 cm³/mol. The summed E-state index contributed by atoms with van der Waals surface area (Å²) in [5.74, 6) is -0.542. The lowest BCUT2D eigenvalue weighted by molar-refractivity contribution is -0.120. The minimum Gasteiger partial charge on any atom is -0.269 e. The monoisotopic (exact) mass is 249 g/mol. The standard InChI is InChI=1S/C13H12ClNO2/c1-7-4-5-10(6-11(7)14)15-12(16)8(2)9(3)13(15)17/h4-6H,1-3H3. The first kappa shape index (κ1) is 11.9. The van der Waals surface area contributed by atoms with Crippen LogP contribution in [0, 0.1) is 6.92 Å². The Hall–Kier alpha value is -1.61. The molecule has 2 rings (SSSR count). The minimum atomic E-state index is -0.271. The zero-order valence-electron chi connectivity index (χ0n) is 9.87. The molecule has 0 spiro atoms. The summed E-state index contributed by atoms with van der Waals surface area (Å²) in [6.07, 6.45) is 0. The summed E-state index contributed by atoms with van der Waals surface area (Å²) in [7, 11) is 0. The zero-order chi connectivity index (χ0) is 12.7. The first-order valence-corrected chi connectivity index (χ1v) is 5.63. The molecule has 0 unspecified atom stereocenters. The van der Waals surface area contributed by atoms with E-state index in [-0.39, 0.29) is 11.8 Å². The van der Waals surface area contributed by atoms with Crippen LogP contribution in [-0.4, -0.2) is 11.8 Å². The third kappa shape index (κ3) is 1.76. The summed E-state index contributed by atoms with van der Waals surface area (Å²) in [5, 5.41) is 0.547. The van der Waals surface area contributed by atoms with E-state index in [1.54, 1.807) is 32.0 Å². The van der Waals surface area contributed by atoms with Gasteiger partial charge in [-0.25, -0.2) is 4.90 Å². The Morgan fingerprint density at radius 2 is 1.53 bits per heavy atom. The number of amides is 2. The van der Waals surface area contributed by atoms with Crippen molar-refractivity contribution in [1.82, 2.24) is 0 Å². The van der Waals surface area contributed by atoms with Crippen LogP contribution in [0.4, 0.5) is 5.69 Å². The van der Waals surface area contributed by atoms with Crippen LogP contribution in [0.25, 0.3) is 0 Å². The van der Waals surface area contributed by atoms with Gasteiger partial charge < -0.3 is 0 Å². The first-order valence-electron chi connectivity index (χ1n) is 5.26. The average Bonchev–Trinajstić information content (AvgIpc) is 2.48. The topological polar surface area (TPSA) is 37.4 Å². The van der Waals surface area contributed by atoms with E-state index >= 15 is 0 Å². The molecule has 1 aromatic carbocycles. The fourth-order valence-electron chi connectivity index (χ4n) is 1.70. The summed E-state index contributed by atoms with van der Waals surface area (Å²) in [6, 6.07) is 5.16. The van der Waals surface area contributed by atoms with Gasteiger partial charge in [0.1, 0.15) is 0 Å². The molecule has 0 N–H and O–H groups in total. The molecule has 2 amide bonds.